The van der Waals surface area contributed by atoms with Crippen LogP contribution in [0.25, 0.3) is 11.6 Å². The number of aromatic nitrogens is 4. The summed E-state index contributed by atoms with van der Waals surface area (Å²) in [5.74, 6) is -0.0336. The van der Waals surface area contributed by atoms with Gasteiger partial charge in [0.25, 0.3) is 5.91 Å². The Morgan fingerprint density at radius 3 is 2.26 bits per heavy atom. The minimum atomic E-state index is -0.259. The van der Waals surface area contributed by atoms with E-state index in [1.807, 2.05) is 12.1 Å². The number of nitrogens with zero attached hydrogens (tertiary/aromatic N) is 3. The summed E-state index contributed by atoms with van der Waals surface area (Å²) in [6.45, 7) is 11.5. The Balaban J connectivity index is 1.56. The molecule has 31 heavy (non-hydrogen) atoms. The third-order valence-corrected chi connectivity index (χ3v) is 6.44. The van der Waals surface area contributed by atoms with Crippen LogP contribution in [0.3, 0.4) is 0 Å². The highest BCUT2D eigenvalue weighted by Gasteiger charge is 2.36. The zero-order valence-corrected chi connectivity index (χ0v) is 18.8. The van der Waals surface area contributed by atoms with Crippen molar-refractivity contribution in [3.63, 3.8) is 0 Å². The predicted octanol–water partition coefficient (Wildman–Crippen LogP) is 5.36. The normalized spacial score (nSPS) is 17.1. The van der Waals surface area contributed by atoms with Crippen LogP contribution in [0.1, 0.15) is 80.1 Å². The second-order valence-corrected chi connectivity index (χ2v) is 9.68. The molecule has 0 radical (unpaired) electrons. The molecule has 0 spiro atoms. The van der Waals surface area contributed by atoms with Crippen molar-refractivity contribution >= 4 is 23.5 Å². The van der Waals surface area contributed by atoms with Gasteiger partial charge in [-0.3, -0.25) is 10.1 Å². The third-order valence-electron chi connectivity index (χ3n) is 6.44. The first-order valence-electron chi connectivity index (χ1n) is 10.6. The Kier molecular flexibility index (Phi) is 5.25. The molecule has 0 aliphatic heterocycles. The fraction of sp³-hybridized carbons (Fsp3) is 0.360. The molecule has 1 amide bonds. The first-order valence-corrected chi connectivity index (χ1v) is 10.6. The van der Waals surface area contributed by atoms with Crippen LogP contribution in [0.4, 0.5) is 5.95 Å². The molecule has 0 saturated heterocycles. The highest BCUT2D eigenvalue weighted by atomic mass is 16.1. The van der Waals surface area contributed by atoms with Gasteiger partial charge in [-0.2, -0.15) is 0 Å². The van der Waals surface area contributed by atoms with E-state index in [0.717, 1.165) is 5.56 Å². The molecule has 4 rings (SSSR count). The number of allylic oxidation sites excluding steroid dienone is 1. The van der Waals surface area contributed by atoms with Crippen LogP contribution < -0.4 is 5.32 Å². The van der Waals surface area contributed by atoms with Gasteiger partial charge in [-0.15, -0.1) is 0 Å². The van der Waals surface area contributed by atoms with Gasteiger partial charge in [0.1, 0.15) is 0 Å². The summed E-state index contributed by atoms with van der Waals surface area (Å²) >= 11 is 0. The fourth-order valence-electron chi connectivity index (χ4n) is 4.29. The number of amides is 1. The largest absolute Gasteiger partial charge is 0.289 e. The van der Waals surface area contributed by atoms with Crippen LogP contribution in [0.2, 0.25) is 0 Å². The van der Waals surface area contributed by atoms with Gasteiger partial charge in [0.2, 0.25) is 5.95 Å². The summed E-state index contributed by atoms with van der Waals surface area (Å²) in [6.07, 6.45) is 4.58. The van der Waals surface area contributed by atoms with Gasteiger partial charge in [-0.25, -0.2) is 5.10 Å². The second kappa shape index (κ2) is 7.76. The molecular weight excluding hydrogens is 386 g/mol. The number of aromatic amines is 1. The maximum absolute atomic E-state index is 12.3. The van der Waals surface area contributed by atoms with Crippen LogP contribution in [0, 0.1) is 0 Å². The summed E-state index contributed by atoms with van der Waals surface area (Å²) in [5.41, 5.74) is 7.38. The van der Waals surface area contributed by atoms with Gasteiger partial charge in [-0.05, 0) is 81.0 Å². The number of carbonyl (C=O) groups excluding carboxylic acids is 1. The quantitative estimate of drug-likeness (QED) is 0.562. The van der Waals surface area contributed by atoms with Crippen molar-refractivity contribution in [1.29, 1.82) is 0 Å². The molecule has 0 unspecified atom stereocenters. The van der Waals surface area contributed by atoms with Gasteiger partial charge in [0, 0.05) is 5.56 Å². The molecule has 0 fully saturated rings. The molecule has 0 saturated carbocycles. The van der Waals surface area contributed by atoms with E-state index in [9.17, 15) is 4.79 Å². The van der Waals surface area contributed by atoms with Crippen molar-refractivity contribution in [3.05, 3.63) is 70.3 Å². The van der Waals surface area contributed by atoms with Gasteiger partial charge in [0.15, 0.2) is 0 Å². The Labute approximate surface area is 183 Å². The average Bonchev–Trinajstić information content (AvgIpc) is 3.25. The SMILES string of the molecule is CC(=Cc1ccc(C(=O)Nc2nnn[nH]2)cc1)c1ccc2c(c1)C(C)(C)CCC2(C)C. The zero-order chi connectivity index (χ0) is 22.2. The van der Waals surface area contributed by atoms with Crippen LogP contribution in [0.5, 0.6) is 0 Å². The standard InChI is InChI=1S/C25H29N5O/c1-16(19-10-11-20-21(15-19)25(4,5)13-12-24(20,2)3)14-17-6-8-18(9-7-17)22(31)26-23-27-29-30-28-23/h6-11,14-15H,12-13H2,1-5H3,(H2,26,27,28,29,30,31). The van der Waals surface area contributed by atoms with E-state index < -0.39 is 0 Å². The molecule has 1 aromatic heterocycles. The van der Waals surface area contributed by atoms with E-state index in [4.69, 9.17) is 0 Å². The van der Waals surface area contributed by atoms with Crippen molar-refractivity contribution in [1.82, 2.24) is 20.6 Å². The van der Waals surface area contributed by atoms with Crippen LogP contribution in [-0.4, -0.2) is 26.5 Å². The zero-order valence-electron chi connectivity index (χ0n) is 18.8. The second-order valence-electron chi connectivity index (χ2n) is 9.68. The summed E-state index contributed by atoms with van der Waals surface area (Å²) in [4.78, 5) is 12.3. The van der Waals surface area contributed by atoms with Crippen molar-refractivity contribution in [2.24, 2.45) is 0 Å². The molecule has 3 aromatic rings. The number of benzene rings is 2. The first-order chi connectivity index (χ1) is 14.7. The van der Waals surface area contributed by atoms with E-state index in [1.54, 1.807) is 12.1 Å². The highest BCUT2D eigenvalue weighted by Crippen LogP contribution is 2.46. The Bertz CT molecular complexity index is 1130. The molecule has 0 bridgehead atoms. The summed E-state index contributed by atoms with van der Waals surface area (Å²) < 4.78 is 0. The topological polar surface area (TPSA) is 83.6 Å². The molecule has 1 aliphatic rings. The lowest BCUT2D eigenvalue weighted by atomic mass is 9.63. The molecule has 160 valence electrons. The summed E-state index contributed by atoms with van der Waals surface area (Å²) in [7, 11) is 0. The van der Waals surface area contributed by atoms with E-state index in [0.29, 0.717) is 5.56 Å². The van der Waals surface area contributed by atoms with Crippen molar-refractivity contribution in [2.75, 3.05) is 5.32 Å². The number of hydrogen-bond donors (Lipinski definition) is 2. The van der Waals surface area contributed by atoms with Gasteiger partial charge < -0.3 is 0 Å². The maximum atomic E-state index is 12.3. The van der Waals surface area contributed by atoms with Crippen LogP contribution in [0.15, 0.2) is 42.5 Å². The van der Waals surface area contributed by atoms with Gasteiger partial charge in [0.05, 0.1) is 0 Å². The molecule has 2 N–H and O–H groups in total. The van der Waals surface area contributed by atoms with Crippen molar-refractivity contribution in [3.8, 4) is 0 Å². The summed E-state index contributed by atoms with van der Waals surface area (Å²) in [5, 5.41) is 15.7. The molecule has 2 aromatic carbocycles. The number of nitrogens with one attached hydrogen (secondary N) is 2. The number of fused-ring (bicyclic) bond motifs is 1. The minimum absolute atomic E-state index is 0.190. The minimum Gasteiger partial charge on any atom is -0.289 e. The van der Waals surface area contributed by atoms with Gasteiger partial charge >= 0.3 is 0 Å². The highest BCUT2D eigenvalue weighted by molar-refractivity contribution is 6.03. The Morgan fingerprint density at radius 1 is 0.968 bits per heavy atom. The smallest absolute Gasteiger partial charge is 0.258 e. The van der Waals surface area contributed by atoms with E-state index >= 15 is 0 Å². The van der Waals surface area contributed by atoms with Crippen LogP contribution >= 0.6 is 0 Å². The van der Waals surface area contributed by atoms with E-state index in [-0.39, 0.29) is 22.7 Å². The number of rotatable bonds is 4. The number of tetrazole rings is 1. The monoisotopic (exact) mass is 415 g/mol. The Morgan fingerprint density at radius 2 is 1.61 bits per heavy atom. The maximum Gasteiger partial charge on any atom is 0.258 e. The van der Waals surface area contributed by atoms with Crippen molar-refractivity contribution in [2.45, 2.75) is 58.3 Å². The summed E-state index contributed by atoms with van der Waals surface area (Å²) in [6, 6.07) is 14.4. The van der Waals surface area contributed by atoms with E-state index in [2.05, 4.69) is 84.8 Å². The number of hydrogen-bond acceptors (Lipinski definition) is 4. The number of anilines is 1. The van der Waals surface area contributed by atoms with Crippen molar-refractivity contribution < 1.29 is 4.79 Å². The molecule has 6 nitrogen and oxygen atoms in total. The van der Waals surface area contributed by atoms with E-state index in [1.165, 1.54) is 35.1 Å². The molecule has 1 aliphatic carbocycles. The van der Waals surface area contributed by atoms with Gasteiger partial charge in [-0.1, -0.05) is 69.2 Å². The lowest BCUT2D eigenvalue weighted by Gasteiger charge is -2.42. The molecule has 0 atom stereocenters. The number of H-pyrrole nitrogens is 1. The fourth-order valence-corrected chi connectivity index (χ4v) is 4.29. The van der Waals surface area contributed by atoms with Crippen LogP contribution in [-0.2, 0) is 10.8 Å². The first kappa shape index (κ1) is 21.0. The molecular formula is C25H29N5O. The lowest BCUT2D eigenvalue weighted by Crippen LogP contribution is -2.33. The molecule has 1 heterocycles. The average molecular weight is 416 g/mol. The lowest BCUT2D eigenvalue weighted by molar-refractivity contribution is 0.102. The Hall–Kier alpha value is -3.28. The third kappa shape index (κ3) is 4.29. The number of carbonyl (C=O) groups is 1. The molecule has 6 heteroatoms. The predicted molar refractivity (Wildman–Crippen MR) is 124 cm³/mol.